The number of fused-ring (bicyclic) bond motifs is 2. The highest BCUT2D eigenvalue weighted by Gasteiger charge is 2.34. The van der Waals surface area contributed by atoms with Gasteiger partial charge >= 0.3 is 0 Å². The third-order valence-corrected chi connectivity index (χ3v) is 12.5. The molecule has 2 unspecified atom stereocenters. The molecular formula is C41H62O2. The molecule has 0 aromatic heterocycles. The number of carbonyl (C=O) groups excluding carboxylic acids is 2. The number of carbonyl (C=O) groups is 2. The zero-order valence-electron chi connectivity index (χ0n) is 29.8. The van der Waals surface area contributed by atoms with Gasteiger partial charge in [-0.1, -0.05) is 140 Å². The van der Waals surface area contributed by atoms with Gasteiger partial charge in [-0.15, -0.1) is 0 Å². The number of ketones is 2. The molecule has 0 saturated heterocycles. The fraction of sp³-hybridized carbons (Fsp3) is 0.659. The van der Waals surface area contributed by atoms with Gasteiger partial charge in [0.05, 0.1) is 0 Å². The summed E-state index contributed by atoms with van der Waals surface area (Å²) in [5.41, 5.74) is 5.16. The third-order valence-electron chi connectivity index (χ3n) is 12.5. The van der Waals surface area contributed by atoms with Gasteiger partial charge in [-0.25, -0.2) is 0 Å². The number of hydrogen-bond donors (Lipinski definition) is 0. The Hall–Kier alpha value is -2.22. The van der Waals surface area contributed by atoms with E-state index in [9.17, 15) is 9.59 Å². The summed E-state index contributed by atoms with van der Waals surface area (Å²) in [6.07, 6.45) is 10.5. The summed E-state index contributed by atoms with van der Waals surface area (Å²) < 4.78 is 0. The average molecular weight is 587 g/mol. The van der Waals surface area contributed by atoms with Gasteiger partial charge in [-0.3, -0.25) is 9.59 Å². The topological polar surface area (TPSA) is 34.1 Å². The van der Waals surface area contributed by atoms with Crippen molar-refractivity contribution in [3.63, 3.8) is 0 Å². The van der Waals surface area contributed by atoms with Crippen molar-refractivity contribution in [1.29, 1.82) is 0 Å². The van der Waals surface area contributed by atoms with Gasteiger partial charge in [0, 0.05) is 22.3 Å². The molecule has 0 N–H and O–H groups in total. The average Bonchev–Trinajstić information content (AvgIpc) is 2.98. The summed E-state index contributed by atoms with van der Waals surface area (Å²) in [6, 6.07) is 12.0. The van der Waals surface area contributed by atoms with E-state index in [-0.39, 0.29) is 22.4 Å². The van der Waals surface area contributed by atoms with Crippen molar-refractivity contribution in [2.24, 2.45) is 22.7 Å². The molecule has 0 fully saturated rings. The predicted molar refractivity (Wildman–Crippen MR) is 185 cm³/mol. The molecule has 0 aliphatic heterocycles. The maximum absolute atomic E-state index is 14.0. The van der Waals surface area contributed by atoms with Gasteiger partial charge in [-0.05, 0) is 81.7 Å². The Kier molecular flexibility index (Phi) is 11.0. The van der Waals surface area contributed by atoms with Crippen LogP contribution in [0.3, 0.4) is 0 Å². The van der Waals surface area contributed by atoms with E-state index in [2.05, 4.69) is 95.2 Å². The van der Waals surface area contributed by atoms with Crippen molar-refractivity contribution in [1.82, 2.24) is 0 Å². The Bertz CT molecular complexity index is 1290. The van der Waals surface area contributed by atoms with Crippen LogP contribution in [-0.4, -0.2) is 11.6 Å². The second kappa shape index (κ2) is 13.4. The van der Waals surface area contributed by atoms with Gasteiger partial charge in [0.1, 0.15) is 0 Å². The lowest BCUT2D eigenvalue weighted by Crippen LogP contribution is -2.26. The summed E-state index contributed by atoms with van der Waals surface area (Å²) in [5.74, 6) is 1.32. The highest BCUT2D eigenvalue weighted by atomic mass is 16.1. The lowest BCUT2D eigenvalue weighted by atomic mass is 9.70. The number of rotatable bonds is 15. The van der Waals surface area contributed by atoms with Crippen LogP contribution in [0.1, 0.15) is 184 Å². The molecule has 0 amide bonds. The van der Waals surface area contributed by atoms with Crippen molar-refractivity contribution < 1.29 is 9.59 Å². The number of hydrogen-bond acceptors (Lipinski definition) is 2. The molecule has 43 heavy (non-hydrogen) atoms. The van der Waals surface area contributed by atoms with Crippen LogP contribution in [-0.2, 0) is 10.8 Å². The molecule has 238 valence electrons. The fourth-order valence-corrected chi connectivity index (χ4v) is 7.02. The summed E-state index contributed by atoms with van der Waals surface area (Å²) in [4.78, 5) is 27.6. The molecule has 0 radical (unpaired) electrons. The Morgan fingerprint density at radius 2 is 0.953 bits per heavy atom. The molecule has 2 aromatic carbocycles. The Balaban J connectivity index is 1.79. The molecule has 2 nitrogen and oxygen atoms in total. The van der Waals surface area contributed by atoms with Crippen LogP contribution in [0.15, 0.2) is 36.4 Å². The molecule has 1 aliphatic rings. The Morgan fingerprint density at radius 1 is 0.558 bits per heavy atom. The van der Waals surface area contributed by atoms with Crippen molar-refractivity contribution in [2.75, 3.05) is 0 Å². The van der Waals surface area contributed by atoms with Crippen LogP contribution >= 0.6 is 0 Å². The number of benzene rings is 2. The van der Waals surface area contributed by atoms with Gasteiger partial charge in [0.15, 0.2) is 11.6 Å². The minimum absolute atomic E-state index is 0.00602. The standard InChI is InChI=1S/C41H62O2/c1-13-38(6,7)28(4)18-16-24-39(8,9)30-20-22-32-34(26-30)37(43)35-27-31(21-23-33(35)36(32)42)40(10,11)25-17-19-29(5)41(12,14-2)15-3/h20-23,26-29H,13-19,24-25H2,1-12H3. The van der Waals surface area contributed by atoms with Crippen LogP contribution in [0.5, 0.6) is 0 Å². The van der Waals surface area contributed by atoms with Crippen LogP contribution in [0.2, 0.25) is 0 Å². The van der Waals surface area contributed by atoms with E-state index < -0.39 is 0 Å². The lowest BCUT2D eigenvalue weighted by molar-refractivity contribution is 0.0978. The molecule has 0 spiro atoms. The summed E-state index contributed by atoms with van der Waals surface area (Å²) in [7, 11) is 0. The maximum Gasteiger partial charge on any atom is 0.194 e. The summed E-state index contributed by atoms with van der Waals surface area (Å²) in [6.45, 7) is 28.0. The third kappa shape index (κ3) is 7.54. The van der Waals surface area contributed by atoms with Crippen molar-refractivity contribution in [2.45, 2.75) is 152 Å². The van der Waals surface area contributed by atoms with E-state index in [4.69, 9.17) is 0 Å². The highest BCUT2D eigenvalue weighted by molar-refractivity contribution is 6.28. The van der Waals surface area contributed by atoms with E-state index in [0.29, 0.717) is 44.9 Å². The Labute approximate surface area is 264 Å². The van der Waals surface area contributed by atoms with Crippen LogP contribution in [0.25, 0.3) is 0 Å². The first-order chi connectivity index (χ1) is 19.9. The van der Waals surface area contributed by atoms with Crippen LogP contribution in [0.4, 0.5) is 0 Å². The van der Waals surface area contributed by atoms with E-state index in [1.165, 1.54) is 32.1 Å². The van der Waals surface area contributed by atoms with Crippen LogP contribution < -0.4 is 0 Å². The Morgan fingerprint density at radius 3 is 1.35 bits per heavy atom. The zero-order valence-corrected chi connectivity index (χ0v) is 29.8. The van der Waals surface area contributed by atoms with E-state index in [0.717, 1.165) is 36.8 Å². The van der Waals surface area contributed by atoms with Crippen LogP contribution in [0, 0.1) is 22.7 Å². The van der Waals surface area contributed by atoms with Crippen molar-refractivity contribution in [3.05, 3.63) is 69.8 Å². The fourth-order valence-electron chi connectivity index (χ4n) is 7.02. The predicted octanol–water partition coefficient (Wildman–Crippen LogP) is 11.9. The molecule has 2 heteroatoms. The smallest absolute Gasteiger partial charge is 0.194 e. The summed E-state index contributed by atoms with van der Waals surface area (Å²) >= 11 is 0. The first kappa shape index (κ1) is 35.3. The quantitative estimate of drug-likeness (QED) is 0.177. The lowest BCUT2D eigenvalue weighted by Gasteiger charge is -2.35. The second-order valence-electron chi connectivity index (χ2n) is 16.2. The zero-order chi connectivity index (χ0) is 32.4. The van der Waals surface area contributed by atoms with Crippen molar-refractivity contribution in [3.8, 4) is 0 Å². The highest BCUT2D eigenvalue weighted by Crippen LogP contribution is 2.41. The van der Waals surface area contributed by atoms with E-state index in [1.807, 2.05) is 24.3 Å². The minimum atomic E-state index is -0.0689. The van der Waals surface area contributed by atoms with Gasteiger partial charge in [0.2, 0.25) is 0 Å². The van der Waals surface area contributed by atoms with Gasteiger partial charge in [0.25, 0.3) is 0 Å². The molecule has 2 atom stereocenters. The second-order valence-corrected chi connectivity index (χ2v) is 16.2. The monoisotopic (exact) mass is 586 g/mol. The molecule has 0 saturated carbocycles. The molecule has 3 rings (SSSR count). The maximum atomic E-state index is 14.0. The van der Waals surface area contributed by atoms with Gasteiger partial charge in [-0.2, -0.15) is 0 Å². The SMILES string of the molecule is CCC(C)(C)C(C)CCCC(C)(C)c1ccc2c(c1)C(=O)c1cc(C(C)(C)CCCC(C)C(C)(CC)CC)ccc1C2=O. The minimum Gasteiger partial charge on any atom is -0.289 e. The largest absolute Gasteiger partial charge is 0.289 e. The van der Waals surface area contributed by atoms with E-state index >= 15 is 0 Å². The van der Waals surface area contributed by atoms with E-state index in [1.54, 1.807) is 0 Å². The normalized spacial score (nSPS) is 15.7. The molecule has 0 heterocycles. The summed E-state index contributed by atoms with van der Waals surface area (Å²) in [5, 5.41) is 0. The first-order valence-corrected chi connectivity index (χ1v) is 17.3. The molecule has 0 bridgehead atoms. The molecule has 1 aliphatic carbocycles. The van der Waals surface area contributed by atoms with Gasteiger partial charge < -0.3 is 0 Å². The molecular weight excluding hydrogens is 524 g/mol. The molecule has 2 aromatic rings. The first-order valence-electron chi connectivity index (χ1n) is 17.3. The van der Waals surface area contributed by atoms with Crippen molar-refractivity contribution >= 4 is 11.6 Å².